The highest BCUT2D eigenvalue weighted by Gasteiger charge is 2.36. The average molecular weight is 846 g/mol. The molecule has 4 aromatic rings. The minimum atomic E-state index is -4.82. The second-order valence-electron chi connectivity index (χ2n) is 15.3. The van der Waals surface area contributed by atoms with E-state index in [2.05, 4.69) is 30.0 Å². The molecule has 4 heterocycles. The van der Waals surface area contributed by atoms with Crippen molar-refractivity contribution in [2.45, 2.75) is 62.9 Å². The molecule has 2 fully saturated rings. The van der Waals surface area contributed by atoms with Crippen LogP contribution in [0.3, 0.4) is 0 Å². The number of halogens is 4. The van der Waals surface area contributed by atoms with Crippen molar-refractivity contribution in [3.05, 3.63) is 84.1 Å². The molecule has 15 nitrogen and oxygen atoms in total. The van der Waals surface area contributed by atoms with Crippen LogP contribution in [-0.2, 0) is 38.9 Å². The lowest BCUT2D eigenvalue weighted by molar-refractivity contribution is -0.137. The van der Waals surface area contributed by atoms with E-state index in [0.29, 0.717) is 58.4 Å². The molecule has 3 N–H and O–H groups in total. The zero-order valence-electron chi connectivity index (χ0n) is 32.7. The molecule has 0 bridgehead atoms. The summed E-state index contributed by atoms with van der Waals surface area (Å²) in [6.07, 6.45) is -0.286. The van der Waals surface area contributed by atoms with Crippen molar-refractivity contribution in [2.24, 2.45) is 5.92 Å². The minimum Gasteiger partial charge on any atom is -0.445 e. The molecule has 2 aromatic carbocycles. The van der Waals surface area contributed by atoms with Crippen molar-refractivity contribution in [1.29, 1.82) is 0 Å². The summed E-state index contributed by atoms with van der Waals surface area (Å²) in [5, 5.41) is 16.6. The molecular weight excluding hydrogens is 799 g/mol. The normalized spacial score (nSPS) is 16.0. The molecule has 2 aromatic heterocycles. The van der Waals surface area contributed by atoms with Crippen molar-refractivity contribution in [2.75, 3.05) is 57.7 Å². The molecule has 20 heteroatoms. The van der Waals surface area contributed by atoms with Crippen LogP contribution in [0.15, 0.2) is 72.0 Å². The van der Waals surface area contributed by atoms with Gasteiger partial charge < -0.3 is 29.9 Å². The number of piperazine rings is 1. The number of sulfonamides is 1. The van der Waals surface area contributed by atoms with Crippen LogP contribution in [0.1, 0.15) is 44.2 Å². The number of hydrogen-bond donors (Lipinski definition) is 3. The van der Waals surface area contributed by atoms with Gasteiger partial charge in [-0.3, -0.25) is 9.48 Å². The third-order valence-electron chi connectivity index (χ3n) is 10.0. The van der Waals surface area contributed by atoms with Gasteiger partial charge in [-0.1, -0.05) is 30.3 Å². The lowest BCUT2D eigenvalue weighted by atomic mass is 9.93. The number of benzene rings is 2. The Bertz CT molecular complexity index is 2190. The number of nitrogens with zero attached hydrogens (tertiary/aromatic N) is 7. The molecule has 0 atom stereocenters. The van der Waals surface area contributed by atoms with Gasteiger partial charge in [-0.2, -0.15) is 18.3 Å². The molecule has 0 saturated carbocycles. The number of aliphatic hydroxyl groups is 1. The topological polar surface area (TPSA) is 175 Å². The Morgan fingerprint density at radius 3 is 2.32 bits per heavy atom. The molecule has 0 unspecified atom stereocenters. The van der Waals surface area contributed by atoms with Gasteiger partial charge >= 0.3 is 12.3 Å². The van der Waals surface area contributed by atoms with Gasteiger partial charge in [-0.05, 0) is 69.5 Å². The van der Waals surface area contributed by atoms with Crippen molar-refractivity contribution in [3.8, 4) is 11.3 Å². The van der Waals surface area contributed by atoms with Crippen LogP contribution in [0, 0.1) is 11.7 Å². The third-order valence-corrected chi connectivity index (χ3v) is 11.5. The quantitative estimate of drug-likeness (QED) is 0.148. The fourth-order valence-corrected chi connectivity index (χ4v) is 7.92. The molecule has 2 saturated heterocycles. The minimum absolute atomic E-state index is 0.00145. The number of hydrogen-bond acceptors (Lipinski definition) is 11. The number of alkyl halides is 3. The summed E-state index contributed by atoms with van der Waals surface area (Å²) in [5.74, 6) is -1.15. The van der Waals surface area contributed by atoms with Gasteiger partial charge in [0.25, 0.3) is 0 Å². The molecule has 59 heavy (non-hydrogen) atoms. The summed E-state index contributed by atoms with van der Waals surface area (Å²) < 4.78 is 92.1. The van der Waals surface area contributed by atoms with Crippen LogP contribution in [0.4, 0.5) is 34.0 Å². The van der Waals surface area contributed by atoms with Gasteiger partial charge in [-0.25, -0.2) is 32.3 Å². The summed E-state index contributed by atoms with van der Waals surface area (Å²) in [7, 11) is -4.12. The maximum absolute atomic E-state index is 15.2. The number of aromatic nitrogens is 4. The number of amides is 2. The summed E-state index contributed by atoms with van der Waals surface area (Å²) in [6, 6.07) is 12.5. The summed E-state index contributed by atoms with van der Waals surface area (Å²) in [4.78, 5) is 38.4. The van der Waals surface area contributed by atoms with Gasteiger partial charge in [0, 0.05) is 63.6 Å². The molecule has 318 valence electrons. The largest absolute Gasteiger partial charge is 0.445 e. The molecule has 0 radical (unpaired) electrons. The molecule has 2 amide bonds. The Labute approximate surface area is 339 Å². The Balaban J connectivity index is 0.941. The smallest absolute Gasteiger partial charge is 0.419 e. The Morgan fingerprint density at radius 2 is 1.66 bits per heavy atom. The highest BCUT2D eigenvalue weighted by Crippen LogP contribution is 2.36. The molecule has 6 rings (SSSR count). The SMILES string of the molecule is CC(C)(O)Cn1cc(-c2nc(Nc3ccc(S(=O)(=O)NCCN4CCC(CC(=O)N5CCN(C(=O)OCc6ccccc6)CC5)CC4)cc3F)ncc2C(F)(F)F)cn1. The van der Waals surface area contributed by atoms with E-state index in [1.807, 2.05) is 30.3 Å². The van der Waals surface area contributed by atoms with Crippen molar-refractivity contribution in [1.82, 2.24) is 39.2 Å². The fraction of sp³-hybridized carbons (Fsp3) is 0.462. The molecule has 2 aliphatic rings. The van der Waals surface area contributed by atoms with Crippen molar-refractivity contribution < 1.29 is 45.4 Å². The van der Waals surface area contributed by atoms with E-state index >= 15 is 4.39 Å². The van der Waals surface area contributed by atoms with Crippen LogP contribution in [-0.4, -0.2) is 118 Å². The van der Waals surface area contributed by atoms with E-state index in [4.69, 9.17) is 4.74 Å². The number of anilines is 2. The summed E-state index contributed by atoms with van der Waals surface area (Å²) in [6.45, 7) is 6.71. The maximum atomic E-state index is 15.2. The van der Waals surface area contributed by atoms with Crippen LogP contribution in [0.5, 0.6) is 0 Å². The molecule has 0 aliphatic carbocycles. The van der Waals surface area contributed by atoms with Gasteiger partial charge in [0.15, 0.2) is 0 Å². The van der Waals surface area contributed by atoms with E-state index in [0.717, 1.165) is 42.8 Å². The second-order valence-corrected chi connectivity index (χ2v) is 17.0. The summed E-state index contributed by atoms with van der Waals surface area (Å²) in [5.41, 5.74) is -2.24. The number of piperidine rings is 1. The number of nitrogens with one attached hydrogen (secondary N) is 2. The second kappa shape index (κ2) is 18.4. The monoisotopic (exact) mass is 845 g/mol. The highest BCUT2D eigenvalue weighted by molar-refractivity contribution is 7.89. The van der Waals surface area contributed by atoms with Gasteiger partial charge in [0.2, 0.25) is 21.9 Å². The first kappa shape index (κ1) is 43.4. The van der Waals surface area contributed by atoms with E-state index in [1.165, 1.54) is 24.7 Å². The van der Waals surface area contributed by atoms with Crippen LogP contribution < -0.4 is 10.0 Å². The Hall–Kier alpha value is -5.18. The highest BCUT2D eigenvalue weighted by atomic mass is 32.2. The third kappa shape index (κ3) is 12.0. The number of likely N-dealkylation sites (tertiary alicyclic amines) is 1. The molecule has 2 aliphatic heterocycles. The van der Waals surface area contributed by atoms with Crippen LogP contribution in [0.25, 0.3) is 11.3 Å². The van der Waals surface area contributed by atoms with E-state index in [-0.39, 0.29) is 53.6 Å². The number of rotatable bonds is 14. The van der Waals surface area contributed by atoms with Crippen LogP contribution >= 0.6 is 0 Å². The first-order valence-corrected chi connectivity index (χ1v) is 20.6. The maximum Gasteiger partial charge on any atom is 0.419 e. The fourth-order valence-electron chi connectivity index (χ4n) is 6.88. The van der Waals surface area contributed by atoms with Gasteiger partial charge in [0.1, 0.15) is 18.0 Å². The Kier molecular flexibility index (Phi) is 13.5. The first-order valence-electron chi connectivity index (χ1n) is 19.1. The lowest BCUT2D eigenvalue weighted by Crippen LogP contribution is -2.51. The number of carbonyl (C=O) groups is 2. The van der Waals surface area contributed by atoms with Crippen molar-refractivity contribution in [3.63, 3.8) is 0 Å². The summed E-state index contributed by atoms with van der Waals surface area (Å²) >= 11 is 0. The Morgan fingerprint density at radius 1 is 0.966 bits per heavy atom. The van der Waals surface area contributed by atoms with E-state index in [9.17, 15) is 36.3 Å². The molecule has 0 spiro atoms. The lowest BCUT2D eigenvalue weighted by Gasteiger charge is -2.36. The average Bonchev–Trinajstić information content (AvgIpc) is 3.65. The predicted octanol–water partition coefficient (Wildman–Crippen LogP) is 4.87. The van der Waals surface area contributed by atoms with Gasteiger partial charge in [-0.15, -0.1) is 0 Å². The number of ether oxygens (including phenoxy) is 1. The first-order chi connectivity index (χ1) is 27.9. The van der Waals surface area contributed by atoms with E-state index < -0.39 is 45.0 Å². The zero-order valence-corrected chi connectivity index (χ0v) is 33.5. The van der Waals surface area contributed by atoms with E-state index in [1.54, 1.807) is 9.80 Å². The number of carbonyl (C=O) groups excluding carboxylic acids is 2. The zero-order chi connectivity index (χ0) is 42.4. The molecular formula is C39H47F4N9O6S. The van der Waals surface area contributed by atoms with Crippen molar-refractivity contribution >= 4 is 33.7 Å². The predicted molar refractivity (Wildman–Crippen MR) is 208 cm³/mol. The van der Waals surface area contributed by atoms with Crippen LogP contribution in [0.2, 0.25) is 0 Å². The van der Waals surface area contributed by atoms with Gasteiger partial charge in [0.05, 0.1) is 34.6 Å². The standard InChI is InChI=1S/C39H47F4N9O6S/c1-38(2,55)26-52-24-29(22-45-52)35-31(39(41,42)43)23-44-36(48-35)47-33-9-8-30(21-32(33)40)59(56,57)46-12-15-49-13-10-27(11-14-49)20-34(53)50-16-18-51(19-17-50)37(54)58-25-28-6-4-3-5-7-28/h3-9,21-24,27,46,55H,10-20,25-26H2,1-2H3,(H,44,47,48).